The molecular weight excluding hydrogens is 619 g/mol. The van der Waals surface area contributed by atoms with Crippen molar-refractivity contribution in [3.63, 3.8) is 0 Å². The molecule has 0 spiro atoms. The number of nitrogens with zero attached hydrogens (tertiary/aromatic N) is 5. The van der Waals surface area contributed by atoms with Gasteiger partial charge >= 0.3 is 0 Å². The molecule has 0 aliphatic carbocycles. The van der Waals surface area contributed by atoms with Crippen molar-refractivity contribution in [1.29, 1.82) is 0 Å². The summed E-state index contributed by atoms with van der Waals surface area (Å²) in [6, 6.07) is 53.9. The number of hydrogen-bond acceptors (Lipinski definition) is 6. The summed E-state index contributed by atoms with van der Waals surface area (Å²) in [4.78, 5) is 24.9. The lowest BCUT2D eigenvalue weighted by Crippen LogP contribution is -2.00. The molecule has 0 saturated carbocycles. The Balaban J connectivity index is 1.24. The summed E-state index contributed by atoms with van der Waals surface area (Å²) in [7, 11) is 0. The third-order valence-corrected chi connectivity index (χ3v) is 9.64. The summed E-state index contributed by atoms with van der Waals surface area (Å²) in [5, 5.41) is 2.09. The van der Waals surface area contributed by atoms with Gasteiger partial charge in [0.05, 0.1) is 15.7 Å². The third kappa shape index (κ3) is 5.54. The van der Waals surface area contributed by atoms with Gasteiger partial charge in [0.1, 0.15) is 5.01 Å². The van der Waals surface area contributed by atoms with Gasteiger partial charge in [-0.1, -0.05) is 133 Å². The Morgan fingerprint density at radius 3 is 1.63 bits per heavy atom. The van der Waals surface area contributed by atoms with Crippen LogP contribution in [0.3, 0.4) is 0 Å². The van der Waals surface area contributed by atoms with Crippen molar-refractivity contribution >= 4 is 32.5 Å². The fourth-order valence-electron chi connectivity index (χ4n) is 6.21. The molecule has 0 bridgehead atoms. The molecule has 6 heteroatoms. The molecule has 0 aliphatic rings. The van der Waals surface area contributed by atoms with Crippen molar-refractivity contribution in [1.82, 2.24) is 24.9 Å². The molecule has 3 heterocycles. The Morgan fingerprint density at radius 1 is 0.367 bits per heavy atom. The Morgan fingerprint density at radius 2 is 0.939 bits per heavy atom. The molecule has 0 aliphatic heterocycles. The predicted molar refractivity (Wildman–Crippen MR) is 201 cm³/mol. The molecule has 0 amide bonds. The second-order valence-electron chi connectivity index (χ2n) is 11.8. The number of thiazole rings is 1. The molecule has 0 saturated heterocycles. The van der Waals surface area contributed by atoms with Gasteiger partial charge in [-0.15, -0.1) is 11.3 Å². The zero-order valence-electron chi connectivity index (χ0n) is 26.2. The van der Waals surface area contributed by atoms with Crippen molar-refractivity contribution in [2.75, 3.05) is 0 Å². The fraction of sp³-hybridized carbons (Fsp3) is 0. The normalized spacial score (nSPS) is 11.3. The van der Waals surface area contributed by atoms with Crippen molar-refractivity contribution in [2.24, 2.45) is 0 Å². The highest BCUT2D eigenvalue weighted by atomic mass is 32.1. The summed E-state index contributed by atoms with van der Waals surface area (Å²) in [6.07, 6.45) is 1.86. The van der Waals surface area contributed by atoms with Gasteiger partial charge in [0.25, 0.3) is 0 Å². The fourth-order valence-corrected chi connectivity index (χ4v) is 7.25. The number of rotatable bonds is 6. The van der Waals surface area contributed by atoms with Gasteiger partial charge in [-0.25, -0.2) is 19.9 Å². The molecule has 6 aromatic carbocycles. The molecule has 0 unspecified atom stereocenters. The number of pyridine rings is 1. The van der Waals surface area contributed by atoms with Crippen LogP contribution in [-0.4, -0.2) is 24.9 Å². The maximum atomic E-state index is 5.23. The van der Waals surface area contributed by atoms with Gasteiger partial charge in [0.2, 0.25) is 0 Å². The van der Waals surface area contributed by atoms with Crippen LogP contribution in [0.1, 0.15) is 0 Å². The average Bonchev–Trinajstić information content (AvgIpc) is 3.63. The van der Waals surface area contributed by atoms with E-state index in [-0.39, 0.29) is 0 Å². The van der Waals surface area contributed by atoms with Crippen LogP contribution in [-0.2, 0) is 0 Å². The molecule has 3 aromatic heterocycles. The molecular formula is C43H27N5S. The smallest absolute Gasteiger partial charge is 0.164 e. The van der Waals surface area contributed by atoms with Crippen LogP contribution < -0.4 is 0 Å². The van der Waals surface area contributed by atoms with Gasteiger partial charge in [0.15, 0.2) is 17.5 Å². The quantitative estimate of drug-likeness (QED) is 0.180. The summed E-state index contributed by atoms with van der Waals surface area (Å²) < 4.78 is 1.11. The molecule has 0 atom stereocenters. The molecule has 49 heavy (non-hydrogen) atoms. The maximum Gasteiger partial charge on any atom is 0.164 e. The van der Waals surface area contributed by atoms with Crippen LogP contribution in [0.15, 0.2) is 164 Å². The first kappa shape index (κ1) is 28.8. The second kappa shape index (κ2) is 12.3. The van der Waals surface area contributed by atoms with Crippen LogP contribution in [0.2, 0.25) is 0 Å². The van der Waals surface area contributed by atoms with Crippen LogP contribution in [0.5, 0.6) is 0 Å². The first-order valence-electron chi connectivity index (χ1n) is 16.1. The minimum Gasteiger partial charge on any atom is -0.256 e. The van der Waals surface area contributed by atoms with Crippen molar-refractivity contribution in [2.45, 2.75) is 0 Å². The highest BCUT2D eigenvalue weighted by Crippen LogP contribution is 2.41. The summed E-state index contributed by atoms with van der Waals surface area (Å²) in [5.74, 6) is 1.88. The van der Waals surface area contributed by atoms with E-state index in [0.717, 1.165) is 70.6 Å². The first-order valence-corrected chi connectivity index (χ1v) is 16.9. The van der Waals surface area contributed by atoms with Crippen molar-refractivity contribution in [3.8, 4) is 67.0 Å². The van der Waals surface area contributed by atoms with E-state index in [4.69, 9.17) is 24.9 Å². The van der Waals surface area contributed by atoms with Crippen LogP contribution in [0.25, 0.3) is 88.1 Å². The van der Waals surface area contributed by atoms with E-state index in [9.17, 15) is 0 Å². The van der Waals surface area contributed by atoms with E-state index in [0.29, 0.717) is 17.5 Å². The number of fused-ring (bicyclic) bond motifs is 2. The Bertz CT molecular complexity index is 2540. The first-order chi connectivity index (χ1) is 24.3. The Kier molecular flexibility index (Phi) is 7.26. The molecule has 0 N–H and O–H groups in total. The molecule has 9 rings (SSSR count). The van der Waals surface area contributed by atoms with Gasteiger partial charge in [-0.2, -0.15) is 0 Å². The van der Waals surface area contributed by atoms with E-state index in [1.165, 1.54) is 0 Å². The minimum absolute atomic E-state index is 0.614. The van der Waals surface area contributed by atoms with Gasteiger partial charge in [0, 0.05) is 45.0 Å². The zero-order valence-corrected chi connectivity index (χ0v) is 27.0. The lowest BCUT2D eigenvalue weighted by molar-refractivity contribution is 1.07. The minimum atomic E-state index is 0.614. The SMILES string of the molecule is c1ccc(-c2nc(-c3ccccc3)nc(-c3cccc(-c4cc(-c5cccc6cccnc56)cc5sc(-c6ccccc6)nc45)c3)n2)cc1. The van der Waals surface area contributed by atoms with Gasteiger partial charge < -0.3 is 0 Å². The Labute approximate surface area is 287 Å². The number of benzene rings is 6. The van der Waals surface area contributed by atoms with E-state index in [1.807, 2.05) is 79.0 Å². The number of hydrogen-bond donors (Lipinski definition) is 0. The standard InChI is InChI=1S/C43H27N5S/c1-4-13-29(14-5-1)40-46-41(30-15-6-2-7-16-30)48-42(47-40)33-21-10-20-32(25-33)36-26-34(35-23-11-19-28-22-12-24-44-38(28)35)27-37-39(36)45-43(49-37)31-17-8-3-9-18-31/h1-27H. The maximum absolute atomic E-state index is 5.23. The summed E-state index contributed by atoms with van der Waals surface area (Å²) in [6.45, 7) is 0. The predicted octanol–water partition coefficient (Wildman–Crippen LogP) is 11.0. The van der Waals surface area contributed by atoms with E-state index in [2.05, 4.69) is 84.9 Å². The van der Waals surface area contributed by atoms with Crippen molar-refractivity contribution in [3.05, 3.63) is 164 Å². The monoisotopic (exact) mass is 645 g/mol. The summed E-state index contributed by atoms with van der Waals surface area (Å²) >= 11 is 1.71. The molecule has 0 fully saturated rings. The lowest BCUT2D eigenvalue weighted by atomic mass is 9.95. The second-order valence-corrected chi connectivity index (χ2v) is 12.8. The molecule has 5 nitrogen and oxygen atoms in total. The van der Waals surface area contributed by atoms with Gasteiger partial charge in [-0.05, 0) is 35.4 Å². The highest BCUT2D eigenvalue weighted by molar-refractivity contribution is 7.21. The molecule has 9 aromatic rings. The topological polar surface area (TPSA) is 64.5 Å². The molecule has 230 valence electrons. The summed E-state index contributed by atoms with van der Waals surface area (Å²) in [5.41, 5.74) is 10.1. The number of para-hydroxylation sites is 1. The highest BCUT2D eigenvalue weighted by Gasteiger charge is 2.18. The van der Waals surface area contributed by atoms with Crippen molar-refractivity contribution < 1.29 is 0 Å². The third-order valence-electron chi connectivity index (χ3n) is 8.59. The van der Waals surface area contributed by atoms with Crippen LogP contribution in [0.4, 0.5) is 0 Å². The zero-order chi connectivity index (χ0) is 32.6. The van der Waals surface area contributed by atoms with Crippen LogP contribution in [0, 0.1) is 0 Å². The van der Waals surface area contributed by atoms with E-state index in [1.54, 1.807) is 11.3 Å². The van der Waals surface area contributed by atoms with Crippen LogP contribution >= 0.6 is 11.3 Å². The largest absolute Gasteiger partial charge is 0.256 e. The number of aromatic nitrogens is 5. The molecule has 0 radical (unpaired) electrons. The van der Waals surface area contributed by atoms with E-state index >= 15 is 0 Å². The Hall–Kier alpha value is -6.37. The average molecular weight is 646 g/mol. The lowest BCUT2D eigenvalue weighted by Gasteiger charge is -2.12. The van der Waals surface area contributed by atoms with E-state index < -0.39 is 0 Å². The van der Waals surface area contributed by atoms with Gasteiger partial charge in [-0.3, -0.25) is 4.98 Å².